The zero-order valence-corrected chi connectivity index (χ0v) is 16.3. The van der Waals surface area contributed by atoms with Gasteiger partial charge in [-0.25, -0.2) is 8.42 Å². The second-order valence-electron chi connectivity index (χ2n) is 6.81. The van der Waals surface area contributed by atoms with Crippen LogP contribution in [0.4, 0.5) is 5.69 Å². The molecule has 2 aromatic carbocycles. The average Bonchev–Trinajstić information content (AvgIpc) is 3.23. The highest BCUT2D eigenvalue weighted by atomic mass is 32.2. The van der Waals surface area contributed by atoms with E-state index in [2.05, 4.69) is 5.32 Å². The third kappa shape index (κ3) is 4.69. The summed E-state index contributed by atoms with van der Waals surface area (Å²) >= 11 is 0. The number of amides is 1. The molecule has 0 bridgehead atoms. The highest BCUT2D eigenvalue weighted by Crippen LogP contribution is 2.30. The minimum atomic E-state index is -3.28. The monoisotopic (exact) mass is 387 g/mol. The Morgan fingerprint density at radius 2 is 1.81 bits per heavy atom. The molecule has 0 aromatic heterocycles. The van der Waals surface area contributed by atoms with E-state index in [0.29, 0.717) is 28.5 Å². The molecular weight excluding hydrogens is 362 g/mol. The van der Waals surface area contributed by atoms with E-state index in [4.69, 9.17) is 4.74 Å². The number of carbonyl (C=O) groups excluding carboxylic acids is 1. The van der Waals surface area contributed by atoms with Crippen LogP contribution in [0.1, 0.15) is 49.4 Å². The number of hydrogen-bond donors (Lipinski definition) is 1. The third-order valence-electron chi connectivity index (χ3n) is 4.75. The molecule has 5 nitrogen and oxygen atoms in total. The summed E-state index contributed by atoms with van der Waals surface area (Å²) in [6, 6.07) is 13.4. The van der Waals surface area contributed by atoms with Crippen molar-refractivity contribution in [2.45, 2.75) is 49.2 Å². The van der Waals surface area contributed by atoms with Gasteiger partial charge in [0.1, 0.15) is 5.75 Å². The number of rotatable bonds is 7. The number of sulfone groups is 1. The van der Waals surface area contributed by atoms with Crippen LogP contribution < -0.4 is 10.1 Å². The number of ether oxygens (including phenoxy) is 1. The predicted molar refractivity (Wildman–Crippen MR) is 106 cm³/mol. The molecule has 1 amide bonds. The van der Waals surface area contributed by atoms with Crippen LogP contribution in [0.3, 0.4) is 0 Å². The van der Waals surface area contributed by atoms with Gasteiger partial charge in [-0.15, -0.1) is 0 Å². The molecule has 144 valence electrons. The zero-order chi connectivity index (χ0) is 19.3. The van der Waals surface area contributed by atoms with Crippen LogP contribution in [-0.2, 0) is 9.84 Å². The summed E-state index contributed by atoms with van der Waals surface area (Å²) in [6.45, 7) is 2.62. The van der Waals surface area contributed by atoms with Crippen molar-refractivity contribution >= 4 is 21.4 Å². The summed E-state index contributed by atoms with van der Waals surface area (Å²) in [5.41, 5.74) is 1.05. The lowest BCUT2D eigenvalue weighted by molar-refractivity contribution is 0.102. The molecule has 0 spiro atoms. The third-order valence-corrected chi connectivity index (χ3v) is 7.03. The van der Waals surface area contributed by atoms with Crippen molar-refractivity contribution in [3.8, 4) is 5.75 Å². The van der Waals surface area contributed by atoms with Crippen molar-refractivity contribution in [3.05, 3.63) is 54.1 Å². The van der Waals surface area contributed by atoms with Gasteiger partial charge in [0.15, 0.2) is 9.84 Å². The van der Waals surface area contributed by atoms with Gasteiger partial charge in [-0.2, -0.15) is 0 Å². The normalized spacial score (nSPS) is 14.9. The maximum atomic E-state index is 12.6. The highest BCUT2D eigenvalue weighted by Gasteiger charge is 2.30. The van der Waals surface area contributed by atoms with Crippen molar-refractivity contribution in [3.63, 3.8) is 0 Å². The largest absolute Gasteiger partial charge is 0.494 e. The second-order valence-corrected chi connectivity index (χ2v) is 9.03. The number of nitrogens with one attached hydrogen (secondary N) is 1. The molecule has 0 saturated heterocycles. The maximum absolute atomic E-state index is 12.6. The average molecular weight is 388 g/mol. The molecule has 1 aliphatic rings. The molecule has 0 heterocycles. The first-order valence-electron chi connectivity index (χ1n) is 9.39. The lowest BCUT2D eigenvalue weighted by atomic mass is 10.2. The molecule has 0 aliphatic heterocycles. The summed E-state index contributed by atoms with van der Waals surface area (Å²) in [4.78, 5) is 12.8. The van der Waals surface area contributed by atoms with Gasteiger partial charge in [-0.1, -0.05) is 25.8 Å². The van der Waals surface area contributed by atoms with Gasteiger partial charge in [0.05, 0.1) is 16.8 Å². The van der Waals surface area contributed by atoms with Gasteiger partial charge in [-0.3, -0.25) is 4.79 Å². The first-order chi connectivity index (χ1) is 13.0. The molecule has 2 aromatic rings. The summed E-state index contributed by atoms with van der Waals surface area (Å²) in [7, 11) is -3.28. The Morgan fingerprint density at radius 3 is 2.48 bits per heavy atom. The second kappa shape index (κ2) is 8.57. The fourth-order valence-corrected chi connectivity index (χ4v) is 5.12. The molecule has 1 N–H and O–H groups in total. The number of benzene rings is 2. The van der Waals surface area contributed by atoms with E-state index < -0.39 is 9.84 Å². The topological polar surface area (TPSA) is 72.5 Å². The molecule has 0 atom stereocenters. The Morgan fingerprint density at radius 1 is 1.11 bits per heavy atom. The number of hydrogen-bond acceptors (Lipinski definition) is 4. The van der Waals surface area contributed by atoms with Crippen molar-refractivity contribution in [2.24, 2.45) is 0 Å². The van der Waals surface area contributed by atoms with Crippen LogP contribution in [0.25, 0.3) is 0 Å². The van der Waals surface area contributed by atoms with E-state index in [-0.39, 0.29) is 11.2 Å². The zero-order valence-electron chi connectivity index (χ0n) is 15.5. The van der Waals surface area contributed by atoms with Crippen molar-refractivity contribution in [1.82, 2.24) is 0 Å². The van der Waals surface area contributed by atoms with E-state index in [1.807, 2.05) is 13.0 Å². The Hall–Kier alpha value is -2.34. The maximum Gasteiger partial charge on any atom is 0.255 e. The lowest BCUT2D eigenvalue weighted by Crippen LogP contribution is -2.18. The molecular formula is C21H25NO4S. The SMILES string of the molecule is CCCOc1cccc(C(=O)Nc2ccc(S(=O)(=O)C3CCCC3)cc2)c1. The molecule has 6 heteroatoms. The fraction of sp³-hybridized carbons (Fsp3) is 0.381. The molecule has 1 fully saturated rings. The minimum absolute atomic E-state index is 0.261. The van der Waals surface area contributed by atoms with Gasteiger partial charge in [0.2, 0.25) is 0 Å². The standard InChI is InChI=1S/C21H25NO4S/c1-2-14-26-18-7-5-6-16(15-18)21(23)22-17-10-12-20(13-11-17)27(24,25)19-8-3-4-9-19/h5-7,10-13,15,19H,2-4,8-9,14H2,1H3,(H,22,23). The Bertz CT molecular complexity index is 885. The Kier molecular flexibility index (Phi) is 6.16. The highest BCUT2D eigenvalue weighted by molar-refractivity contribution is 7.92. The van der Waals surface area contributed by atoms with E-state index in [1.165, 1.54) is 0 Å². The molecule has 0 radical (unpaired) electrons. The molecule has 1 aliphatic carbocycles. The van der Waals surface area contributed by atoms with Crippen molar-refractivity contribution < 1.29 is 17.9 Å². The van der Waals surface area contributed by atoms with Gasteiger partial charge in [0.25, 0.3) is 5.91 Å². The van der Waals surface area contributed by atoms with E-state index >= 15 is 0 Å². The van der Waals surface area contributed by atoms with Gasteiger partial charge in [-0.05, 0) is 61.7 Å². The number of anilines is 1. The molecule has 3 rings (SSSR count). The van der Waals surface area contributed by atoms with Crippen LogP contribution in [0.5, 0.6) is 5.75 Å². The van der Waals surface area contributed by atoms with Crippen LogP contribution in [0, 0.1) is 0 Å². The first kappa shape index (κ1) is 19.4. The molecule has 1 saturated carbocycles. The summed E-state index contributed by atoms with van der Waals surface area (Å²) in [5, 5.41) is 2.53. The number of carbonyl (C=O) groups is 1. The smallest absolute Gasteiger partial charge is 0.255 e. The van der Waals surface area contributed by atoms with Crippen LogP contribution in [0.2, 0.25) is 0 Å². The van der Waals surface area contributed by atoms with Crippen molar-refractivity contribution in [2.75, 3.05) is 11.9 Å². The van der Waals surface area contributed by atoms with E-state index in [9.17, 15) is 13.2 Å². The van der Waals surface area contributed by atoms with Crippen LogP contribution in [0.15, 0.2) is 53.4 Å². The lowest BCUT2D eigenvalue weighted by Gasteiger charge is -2.12. The molecule has 27 heavy (non-hydrogen) atoms. The summed E-state index contributed by atoms with van der Waals surface area (Å²) in [5.74, 6) is 0.394. The fourth-order valence-electron chi connectivity index (χ4n) is 3.27. The van der Waals surface area contributed by atoms with E-state index in [0.717, 1.165) is 32.1 Å². The molecule has 0 unspecified atom stereocenters. The Balaban J connectivity index is 1.68. The van der Waals surface area contributed by atoms with Gasteiger partial charge in [0, 0.05) is 11.3 Å². The quantitative estimate of drug-likeness (QED) is 0.762. The van der Waals surface area contributed by atoms with Crippen LogP contribution >= 0.6 is 0 Å². The van der Waals surface area contributed by atoms with Crippen LogP contribution in [-0.4, -0.2) is 26.2 Å². The predicted octanol–water partition coefficient (Wildman–Crippen LogP) is 4.44. The van der Waals surface area contributed by atoms with Crippen molar-refractivity contribution in [1.29, 1.82) is 0 Å². The van der Waals surface area contributed by atoms with Gasteiger partial charge < -0.3 is 10.1 Å². The minimum Gasteiger partial charge on any atom is -0.494 e. The van der Waals surface area contributed by atoms with Gasteiger partial charge >= 0.3 is 0 Å². The van der Waals surface area contributed by atoms with E-state index in [1.54, 1.807) is 42.5 Å². The summed E-state index contributed by atoms with van der Waals surface area (Å²) in [6.07, 6.45) is 4.30. The Labute approximate surface area is 160 Å². The first-order valence-corrected chi connectivity index (χ1v) is 10.9. The summed E-state index contributed by atoms with van der Waals surface area (Å²) < 4.78 is 30.8.